The number of carbonyl (C=O) groups is 1. The van der Waals surface area contributed by atoms with E-state index in [2.05, 4.69) is 11.1 Å². The quantitative estimate of drug-likeness (QED) is 0.472. The third-order valence-corrected chi connectivity index (χ3v) is 4.70. The van der Waals surface area contributed by atoms with Crippen LogP contribution < -0.4 is 0 Å². The van der Waals surface area contributed by atoms with Gasteiger partial charge in [-0.1, -0.05) is 12.1 Å². The summed E-state index contributed by atoms with van der Waals surface area (Å²) in [5.74, 6) is 1.89. The van der Waals surface area contributed by atoms with Gasteiger partial charge in [-0.15, -0.1) is 0 Å². The van der Waals surface area contributed by atoms with Crippen molar-refractivity contribution in [2.45, 2.75) is 26.7 Å². The average Bonchev–Trinajstić information content (AvgIpc) is 3.24. The average molecular weight is 345 g/mol. The Bertz CT molecular complexity index is 1090. The molecule has 26 heavy (non-hydrogen) atoms. The molecule has 0 aliphatic heterocycles. The molecule has 0 saturated heterocycles. The lowest BCUT2D eigenvalue weighted by Gasteiger charge is -2.06. The van der Waals surface area contributed by atoms with Gasteiger partial charge in [0.1, 0.15) is 28.6 Å². The van der Waals surface area contributed by atoms with E-state index in [9.17, 15) is 4.79 Å². The minimum Gasteiger partial charge on any atom is -0.461 e. The Labute approximate surface area is 151 Å². The molecule has 0 aliphatic carbocycles. The number of benzene rings is 1. The highest BCUT2D eigenvalue weighted by Crippen LogP contribution is 2.41. The number of hydrogen-bond donors (Lipinski definition) is 0. The van der Waals surface area contributed by atoms with Gasteiger partial charge in [-0.05, 0) is 56.7 Å². The summed E-state index contributed by atoms with van der Waals surface area (Å²) in [6.07, 6.45) is 3.58. The smallest absolute Gasteiger partial charge is 0.140 e. The second-order valence-electron chi connectivity index (χ2n) is 6.54. The number of Topliss-reactive ketones (excluding diaryl/α,β-unsaturated/α-hetero) is 1. The molecule has 0 radical (unpaired) electrons. The molecule has 3 aromatic heterocycles. The van der Waals surface area contributed by atoms with Gasteiger partial charge in [0, 0.05) is 23.3 Å². The molecule has 4 aromatic rings. The molecule has 0 bridgehead atoms. The predicted octanol–water partition coefficient (Wildman–Crippen LogP) is 5.76. The summed E-state index contributed by atoms with van der Waals surface area (Å²) >= 11 is 0. The van der Waals surface area contributed by atoms with Crippen LogP contribution in [-0.2, 0) is 4.79 Å². The van der Waals surface area contributed by atoms with Crippen molar-refractivity contribution in [3.05, 3.63) is 66.4 Å². The van der Waals surface area contributed by atoms with Crippen LogP contribution >= 0.6 is 0 Å². The molecule has 4 heteroatoms. The molecule has 1 unspecified atom stereocenters. The van der Waals surface area contributed by atoms with Gasteiger partial charge in [0.15, 0.2) is 0 Å². The summed E-state index contributed by atoms with van der Waals surface area (Å²) in [6.45, 7) is 5.35. The van der Waals surface area contributed by atoms with Crippen molar-refractivity contribution in [2.24, 2.45) is 0 Å². The second kappa shape index (κ2) is 6.30. The molecule has 4 rings (SSSR count). The zero-order chi connectivity index (χ0) is 18.3. The summed E-state index contributed by atoms with van der Waals surface area (Å²) in [5, 5.41) is 0.934. The zero-order valence-corrected chi connectivity index (χ0v) is 14.9. The Morgan fingerprint density at radius 2 is 1.92 bits per heavy atom. The van der Waals surface area contributed by atoms with E-state index in [1.165, 1.54) is 0 Å². The molecule has 0 aliphatic rings. The highest BCUT2D eigenvalue weighted by atomic mass is 16.4. The zero-order valence-electron chi connectivity index (χ0n) is 14.9. The number of ketones is 1. The molecule has 1 aromatic carbocycles. The van der Waals surface area contributed by atoms with Crippen molar-refractivity contribution >= 4 is 16.8 Å². The molecule has 1 atom stereocenters. The first-order valence-corrected chi connectivity index (χ1v) is 8.58. The number of nitrogens with zero attached hydrogens (tertiary/aromatic N) is 1. The fourth-order valence-electron chi connectivity index (χ4n) is 3.14. The number of aryl methyl sites for hydroxylation is 1. The van der Waals surface area contributed by atoms with E-state index in [4.69, 9.17) is 8.83 Å². The summed E-state index contributed by atoms with van der Waals surface area (Å²) in [7, 11) is 0. The van der Waals surface area contributed by atoms with Crippen molar-refractivity contribution in [1.29, 1.82) is 0 Å². The monoisotopic (exact) mass is 345 g/mol. The first-order valence-electron chi connectivity index (χ1n) is 8.58. The first-order chi connectivity index (χ1) is 12.5. The molecular formula is C22H19NO3. The Kier molecular flexibility index (Phi) is 3.96. The third-order valence-electron chi connectivity index (χ3n) is 4.70. The van der Waals surface area contributed by atoms with Crippen molar-refractivity contribution < 1.29 is 13.6 Å². The number of fused-ring (bicyclic) bond motifs is 1. The summed E-state index contributed by atoms with van der Waals surface area (Å²) < 4.78 is 11.9. The van der Waals surface area contributed by atoms with Crippen molar-refractivity contribution in [3.63, 3.8) is 0 Å². The minimum atomic E-state index is -0.343. The van der Waals surface area contributed by atoms with E-state index in [0.29, 0.717) is 11.5 Å². The number of pyridine rings is 1. The van der Waals surface area contributed by atoms with E-state index in [1.54, 1.807) is 13.1 Å². The van der Waals surface area contributed by atoms with E-state index in [-0.39, 0.29) is 11.7 Å². The molecule has 3 heterocycles. The van der Waals surface area contributed by atoms with Gasteiger partial charge in [-0.25, -0.2) is 0 Å². The summed E-state index contributed by atoms with van der Waals surface area (Å²) in [5.41, 5.74) is 3.66. The maximum Gasteiger partial charge on any atom is 0.140 e. The molecule has 0 fully saturated rings. The molecule has 130 valence electrons. The van der Waals surface area contributed by atoms with Gasteiger partial charge in [0.05, 0.1) is 11.5 Å². The van der Waals surface area contributed by atoms with Crippen LogP contribution in [-0.4, -0.2) is 10.8 Å². The number of hydrogen-bond acceptors (Lipinski definition) is 4. The Morgan fingerprint density at radius 3 is 2.58 bits per heavy atom. The lowest BCUT2D eigenvalue weighted by Crippen LogP contribution is -2.04. The first kappa shape index (κ1) is 16.3. The molecule has 0 saturated carbocycles. The normalized spacial score (nSPS) is 12.4. The van der Waals surface area contributed by atoms with Crippen LogP contribution in [0.3, 0.4) is 0 Å². The molecule has 0 amide bonds. The van der Waals surface area contributed by atoms with Crippen molar-refractivity contribution in [2.75, 3.05) is 0 Å². The minimum absolute atomic E-state index is 0.0565. The Balaban J connectivity index is 1.99. The highest BCUT2D eigenvalue weighted by molar-refractivity contribution is 5.99. The number of rotatable bonds is 4. The maximum absolute atomic E-state index is 12.0. The molecule has 0 N–H and O–H groups in total. The van der Waals surface area contributed by atoms with Gasteiger partial charge < -0.3 is 8.83 Å². The van der Waals surface area contributed by atoms with Gasteiger partial charge in [0.2, 0.25) is 0 Å². The van der Waals surface area contributed by atoms with Crippen LogP contribution in [0.15, 0.2) is 63.7 Å². The number of furan rings is 2. The van der Waals surface area contributed by atoms with E-state index < -0.39 is 0 Å². The number of aromatic nitrogens is 1. The number of carbonyl (C=O) groups excluding carboxylic acids is 1. The van der Waals surface area contributed by atoms with Crippen LogP contribution in [0.1, 0.15) is 31.3 Å². The van der Waals surface area contributed by atoms with Crippen LogP contribution in [0.5, 0.6) is 0 Å². The van der Waals surface area contributed by atoms with Crippen LogP contribution in [0, 0.1) is 6.92 Å². The SMILES string of the molecule is CC(=O)C(C)c1oc2ccc(-c3cccnc3)cc2c1-c1ccc(C)o1. The predicted molar refractivity (Wildman–Crippen MR) is 101 cm³/mol. The Hall–Kier alpha value is -3.14. The molecule has 4 nitrogen and oxygen atoms in total. The van der Waals surface area contributed by atoms with Crippen molar-refractivity contribution in [1.82, 2.24) is 4.98 Å². The van der Waals surface area contributed by atoms with Gasteiger partial charge in [-0.2, -0.15) is 0 Å². The van der Waals surface area contributed by atoms with Gasteiger partial charge in [0.25, 0.3) is 0 Å². The standard InChI is InChI=1S/C22H19NO3/c1-13-6-8-20(25-13)21-18-11-16(17-5-4-10-23-12-17)7-9-19(18)26-22(21)14(2)15(3)24/h4-12,14H,1-3H3. The molecule has 0 spiro atoms. The van der Waals surface area contributed by atoms with E-state index >= 15 is 0 Å². The maximum atomic E-state index is 12.0. The highest BCUT2D eigenvalue weighted by Gasteiger charge is 2.25. The summed E-state index contributed by atoms with van der Waals surface area (Å²) in [4.78, 5) is 16.2. The second-order valence-corrected chi connectivity index (χ2v) is 6.54. The van der Waals surface area contributed by atoms with Crippen LogP contribution in [0.25, 0.3) is 33.4 Å². The van der Waals surface area contributed by atoms with Crippen LogP contribution in [0.4, 0.5) is 0 Å². The van der Waals surface area contributed by atoms with Gasteiger partial charge in [-0.3, -0.25) is 9.78 Å². The van der Waals surface area contributed by atoms with Crippen molar-refractivity contribution in [3.8, 4) is 22.5 Å². The largest absolute Gasteiger partial charge is 0.461 e. The third kappa shape index (κ3) is 2.73. The van der Waals surface area contributed by atoms with Crippen LogP contribution in [0.2, 0.25) is 0 Å². The lowest BCUT2D eigenvalue weighted by atomic mass is 9.96. The van der Waals surface area contributed by atoms with Gasteiger partial charge >= 0.3 is 0 Å². The van der Waals surface area contributed by atoms with E-state index in [1.807, 2.05) is 56.4 Å². The fourth-order valence-corrected chi connectivity index (χ4v) is 3.14. The molecular weight excluding hydrogens is 326 g/mol. The Morgan fingerprint density at radius 1 is 1.08 bits per heavy atom. The lowest BCUT2D eigenvalue weighted by molar-refractivity contribution is -0.118. The topological polar surface area (TPSA) is 56.2 Å². The summed E-state index contributed by atoms with van der Waals surface area (Å²) in [6, 6.07) is 13.8. The fraction of sp³-hybridized carbons (Fsp3) is 0.182. The van der Waals surface area contributed by atoms with E-state index in [0.717, 1.165) is 33.4 Å².